The fourth-order valence-electron chi connectivity index (χ4n) is 1.32. The van der Waals surface area contributed by atoms with E-state index in [9.17, 15) is 8.42 Å². The molecule has 0 aromatic rings. The summed E-state index contributed by atoms with van der Waals surface area (Å²) in [6.45, 7) is 6.92. The van der Waals surface area contributed by atoms with Crippen LogP contribution in [0.3, 0.4) is 0 Å². The predicted molar refractivity (Wildman–Crippen MR) is 62.4 cm³/mol. The Morgan fingerprint density at radius 2 is 2.00 bits per heavy atom. The molecule has 0 radical (unpaired) electrons. The third kappa shape index (κ3) is 4.08. The quantitative estimate of drug-likeness (QED) is 0.600. The number of likely N-dealkylation sites (N-methyl/N-ethyl adjacent to an activating group) is 1. The Balaban J connectivity index is 4.61. The first kappa shape index (κ1) is 15.4. The molecule has 5 nitrogen and oxygen atoms in total. The van der Waals surface area contributed by atoms with Crippen LogP contribution in [0.25, 0.3) is 0 Å². The molecule has 0 aromatic heterocycles. The molecule has 1 unspecified atom stereocenters. The van der Waals surface area contributed by atoms with E-state index in [0.717, 1.165) is 0 Å². The molecule has 6 heteroatoms. The summed E-state index contributed by atoms with van der Waals surface area (Å²) in [6.07, 6.45) is 0.309. The molecule has 0 aliphatic heterocycles. The maximum absolute atomic E-state index is 12.0. The lowest BCUT2D eigenvalue weighted by Crippen LogP contribution is -2.39. The van der Waals surface area contributed by atoms with Crippen molar-refractivity contribution in [2.45, 2.75) is 32.4 Å². The first-order valence-electron chi connectivity index (χ1n) is 5.50. The number of nitriles is 1. The van der Waals surface area contributed by atoms with Crippen LogP contribution < -0.4 is 0 Å². The maximum atomic E-state index is 12.0. The Hall–Kier alpha value is -0.640. The lowest BCUT2D eigenvalue weighted by atomic mass is 10.4. The predicted octanol–water partition coefficient (Wildman–Crippen LogP) is 0.977. The zero-order valence-electron chi connectivity index (χ0n) is 10.1. The molecule has 0 spiro atoms. The third-order valence-corrected chi connectivity index (χ3v) is 4.59. The van der Waals surface area contributed by atoms with Crippen molar-refractivity contribution in [1.29, 1.82) is 5.26 Å². The van der Waals surface area contributed by atoms with Crippen LogP contribution in [0.5, 0.6) is 0 Å². The number of ether oxygens (including phenoxy) is 1. The molecule has 94 valence electrons. The summed E-state index contributed by atoms with van der Waals surface area (Å²) in [5.74, 6) is 0. The minimum Gasteiger partial charge on any atom is -0.380 e. The second-order valence-electron chi connectivity index (χ2n) is 3.26. The Morgan fingerprint density at radius 3 is 2.38 bits per heavy atom. The fourth-order valence-corrected chi connectivity index (χ4v) is 2.93. The van der Waals surface area contributed by atoms with E-state index < -0.39 is 15.3 Å². The standard InChI is InChI=1S/C10H20N2O3S/c1-4-10(9-11)16(13,14)12(5-2)7-8-15-6-3/h10H,4-8H2,1-3H3. The topological polar surface area (TPSA) is 70.4 Å². The highest BCUT2D eigenvalue weighted by molar-refractivity contribution is 7.90. The van der Waals surface area contributed by atoms with Crippen molar-refractivity contribution in [2.24, 2.45) is 0 Å². The summed E-state index contributed by atoms with van der Waals surface area (Å²) in [4.78, 5) is 0. The van der Waals surface area contributed by atoms with Gasteiger partial charge in [-0.05, 0) is 13.3 Å². The highest BCUT2D eigenvalue weighted by Gasteiger charge is 2.29. The van der Waals surface area contributed by atoms with Crippen molar-refractivity contribution >= 4 is 10.0 Å². The van der Waals surface area contributed by atoms with Gasteiger partial charge in [0, 0.05) is 19.7 Å². The highest BCUT2D eigenvalue weighted by atomic mass is 32.2. The second kappa shape index (κ2) is 7.60. The van der Waals surface area contributed by atoms with Gasteiger partial charge in [-0.15, -0.1) is 0 Å². The van der Waals surface area contributed by atoms with Crippen LogP contribution in [-0.4, -0.2) is 44.3 Å². The molecule has 1 atom stereocenters. The molecule has 0 fully saturated rings. The number of sulfonamides is 1. The Kier molecular flexibility index (Phi) is 7.30. The van der Waals surface area contributed by atoms with Crippen LogP contribution in [0, 0.1) is 11.3 Å². The van der Waals surface area contributed by atoms with E-state index in [2.05, 4.69) is 0 Å². The van der Waals surface area contributed by atoms with Gasteiger partial charge in [0.05, 0.1) is 12.7 Å². The van der Waals surface area contributed by atoms with Crippen molar-refractivity contribution in [3.8, 4) is 6.07 Å². The minimum absolute atomic E-state index is 0.309. The minimum atomic E-state index is -3.50. The van der Waals surface area contributed by atoms with Crippen molar-refractivity contribution in [1.82, 2.24) is 4.31 Å². The molecule has 0 rings (SSSR count). The molecular weight excluding hydrogens is 228 g/mol. The van der Waals surface area contributed by atoms with Crippen LogP contribution in [0.2, 0.25) is 0 Å². The van der Waals surface area contributed by atoms with Crippen LogP contribution >= 0.6 is 0 Å². The molecule has 16 heavy (non-hydrogen) atoms. The number of rotatable bonds is 8. The van der Waals surface area contributed by atoms with E-state index in [1.165, 1.54) is 4.31 Å². The zero-order chi connectivity index (χ0) is 12.6. The number of hydrogen-bond donors (Lipinski definition) is 0. The van der Waals surface area contributed by atoms with Gasteiger partial charge >= 0.3 is 0 Å². The largest absolute Gasteiger partial charge is 0.380 e. The molecule has 0 N–H and O–H groups in total. The summed E-state index contributed by atoms with van der Waals surface area (Å²) in [7, 11) is -3.50. The summed E-state index contributed by atoms with van der Waals surface area (Å²) in [6, 6.07) is 1.83. The maximum Gasteiger partial charge on any atom is 0.230 e. The molecule has 0 amide bonds. The zero-order valence-corrected chi connectivity index (χ0v) is 11.0. The molecule has 0 saturated carbocycles. The van der Waals surface area contributed by atoms with Gasteiger partial charge in [0.15, 0.2) is 5.25 Å². The summed E-state index contributed by atoms with van der Waals surface area (Å²) < 4.78 is 30.4. The summed E-state index contributed by atoms with van der Waals surface area (Å²) >= 11 is 0. The second-order valence-corrected chi connectivity index (χ2v) is 5.37. The number of nitrogens with zero attached hydrogens (tertiary/aromatic N) is 2. The molecule has 0 aliphatic carbocycles. The lowest BCUT2D eigenvalue weighted by molar-refractivity contribution is 0.135. The molecule has 0 aliphatic rings. The van der Waals surface area contributed by atoms with Crippen LogP contribution in [0.1, 0.15) is 27.2 Å². The summed E-state index contributed by atoms with van der Waals surface area (Å²) in [5.41, 5.74) is 0. The molecule has 0 saturated heterocycles. The Labute approximate surface area is 98.1 Å². The lowest BCUT2D eigenvalue weighted by Gasteiger charge is -2.22. The number of hydrogen-bond acceptors (Lipinski definition) is 4. The van der Waals surface area contributed by atoms with Crippen LogP contribution in [0.4, 0.5) is 0 Å². The first-order valence-corrected chi connectivity index (χ1v) is 7.01. The van der Waals surface area contributed by atoms with Crippen LogP contribution in [0.15, 0.2) is 0 Å². The van der Waals surface area contributed by atoms with Crippen LogP contribution in [-0.2, 0) is 14.8 Å². The Morgan fingerprint density at radius 1 is 1.38 bits per heavy atom. The van der Waals surface area contributed by atoms with E-state index in [1.807, 2.05) is 13.0 Å². The average Bonchev–Trinajstić information content (AvgIpc) is 2.25. The van der Waals surface area contributed by atoms with E-state index in [4.69, 9.17) is 10.00 Å². The van der Waals surface area contributed by atoms with Gasteiger partial charge in [-0.2, -0.15) is 9.57 Å². The Bertz CT molecular complexity index is 321. The van der Waals surface area contributed by atoms with Gasteiger partial charge < -0.3 is 4.74 Å². The smallest absolute Gasteiger partial charge is 0.230 e. The monoisotopic (exact) mass is 248 g/mol. The van der Waals surface area contributed by atoms with E-state index in [1.54, 1.807) is 13.8 Å². The van der Waals surface area contributed by atoms with Crippen molar-refractivity contribution in [3.63, 3.8) is 0 Å². The van der Waals surface area contributed by atoms with Gasteiger partial charge in [-0.25, -0.2) is 8.42 Å². The van der Waals surface area contributed by atoms with E-state index in [-0.39, 0.29) is 0 Å². The van der Waals surface area contributed by atoms with Gasteiger partial charge in [-0.1, -0.05) is 13.8 Å². The van der Waals surface area contributed by atoms with Crippen molar-refractivity contribution < 1.29 is 13.2 Å². The fraction of sp³-hybridized carbons (Fsp3) is 0.900. The van der Waals surface area contributed by atoms with Gasteiger partial charge in [0.2, 0.25) is 10.0 Å². The van der Waals surface area contributed by atoms with E-state index in [0.29, 0.717) is 32.7 Å². The molecular formula is C10H20N2O3S. The van der Waals surface area contributed by atoms with Crippen molar-refractivity contribution in [2.75, 3.05) is 26.3 Å². The van der Waals surface area contributed by atoms with E-state index >= 15 is 0 Å². The third-order valence-electron chi connectivity index (χ3n) is 2.28. The first-order chi connectivity index (χ1) is 7.54. The molecule has 0 heterocycles. The summed E-state index contributed by atoms with van der Waals surface area (Å²) in [5, 5.41) is 7.84. The highest BCUT2D eigenvalue weighted by Crippen LogP contribution is 2.11. The van der Waals surface area contributed by atoms with Gasteiger partial charge in [-0.3, -0.25) is 0 Å². The molecule has 0 bridgehead atoms. The average molecular weight is 248 g/mol. The van der Waals surface area contributed by atoms with Gasteiger partial charge in [0.1, 0.15) is 0 Å². The normalized spacial score (nSPS) is 13.7. The van der Waals surface area contributed by atoms with Gasteiger partial charge in [0.25, 0.3) is 0 Å². The SMILES string of the molecule is CCOCCN(CC)S(=O)(=O)C(C#N)CC. The molecule has 0 aromatic carbocycles. The van der Waals surface area contributed by atoms with Crippen molar-refractivity contribution in [3.05, 3.63) is 0 Å².